The van der Waals surface area contributed by atoms with E-state index >= 15 is 0 Å². The van der Waals surface area contributed by atoms with Gasteiger partial charge in [-0.1, -0.05) is 28.8 Å². The van der Waals surface area contributed by atoms with Crippen LogP contribution in [0, 0.1) is 5.92 Å². The minimum atomic E-state index is -0.128. The first-order chi connectivity index (χ1) is 11.7. The zero-order valence-corrected chi connectivity index (χ0v) is 14.3. The first-order valence-corrected chi connectivity index (χ1v) is 8.38. The van der Waals surface area contributed by atoms with Crippen LogP contribution in [0.15, 0.2) is 24.3 Å². The van der Waals surface area contributed by atoms with Gasteiger partial charge in [0.1, 0.15) is 0 Å². The molecule has 3 rings (SSSR count). The van der Waals surface area contributed by atoms with Crippen LogP contribution in [-0.2, 0) is 22.5 Å². The van der Waals surface area contributed by atoms with Crippen LogP contribution in [0.1, 0.15) is 18.4 Å². The lowest BCUT2D eigenvalue weighted by atomic mass is 9.97. The molecule has 1 aliphatic rings. The summed E-state index contributed by atoms with van der Waals surface area (Å²) < 4.78 is 6.64. The number of aromatic nitrogens is 4. The molecule has 7 nitrogen and oxygen atoms in total. The Hall–Kier alpha value is -2.15. The fraction of sp³-hybridized carbons (Fsp3) is 0.500. The normalized spacial score (nSPS) is 15.5. The predicted octanol–water partition coefficient (Wildman–Crippen LogP) is 1.96. The van der Waals surface area contributed by atoms with E-state index in [4.69, 9.17) is 16.3 Å². The molecule has 8 heteroatoms. The fourth-order valence-corrected chi connectivity index (χ4v) is 3.07. The third kappa shape index (κ3) is 3.84. The molecule has 1 aromatic carbocycles. The summed E-state index contributed by atoms with van der Waals surface area (Å²) in [5, 5.41) is 12.8. The van der Waals surface area contributed by atoms with E-state index in [-0.39, 0.29) is 11.9 Å². The van der Waals surface area contributed by atoms with Crippen LogP contribution in [0.25, 0.3) is 0 Å². The number of tetrazole rings is 1. The average Bonchev–Trinajstić information content (AvgIpc) is 3.09. The predicted molar refractivity (Wildman–Crippen MR) is 89.9 cm³/mol. The number of carbonyl (C=O) groups excluding carboxylic acids is 1. The van der Waals surface area contributed by atoms with Gasteiger partial charge in [0, 0.05) is 18.1 Å². The van der Waals surface area contributed by atoms with Gasteiger partial charge in [-0.2, -0.15) is 0 Å². The highest BCUT2D eigenvalue weighted by Gasteiger charge is 2.27. The topological polar surface area (TPSA) is 73.1 Å². The van der Waals surface area contributed by atoms with Crippen molar-refractivity contribution in [3.63, 3.8) is 0 Å². The van der Waals surface area contributed by atoms with E-state index in [2.05, 4.69) is 20.4 Å². The Balaban J connectivity index is 1.59. The van der Waals surface area contributed by atoms with Gasteiger partial charge < -0.3 is 9.64 Å². The number of benzene rings is 1. The van der Waals surface area contributed by atoms with Crippen LogP contribution >= 0.6 is 11.6 Å². The minimum absolute atomic E-state index is 0.0235. The standard InChI is InChI=1S/C16H20ClN5O2/c1-24-15(23)13-7-9-21(10-8-13)16-18-19-20-22(16)11-6-12-2-4-14(17)5-3-12/h2-5,13H,6-11H2,1H3. The fourth-order valence-electron chi connectivity index (χ4n) is 2.94. The van der Waals surface area contributed by atoms with Crippen molar-refractivity contribution in [1.82, 2.24) is 20.2 Å². The van der Waals surface area contributed by atoms with Crippen molar-refractivity contribution in [2.75, 3.05) is 25.1 Å². The first kappa shape index (κ1) is 16.7. The number of piperidine rings is 1. The van der Waals surface area contributed by atoms with Gasteiger partial charge in [0.15, 0.2) is 0 Å². The summed E-state index contributed by atoms with van der Waals surface area (Å²) >= 11 is 5.91. The number of nitrogens with zero attached hydrogens (tertiary/aromatic N) is 5. The number of hydrogen-bond donors (Lipinski definition) is 0. The van der Waals surface area contributed by atoms with Crippen LogP contribution in [0.5, 0.6) is 0 Å². The van der Waals surface area contributed by atoms with Crippen LogP contribution in [0.3, 0.4) is 0 Å². The minimum Gasteiger partial charge on any atom is -0.469 e. The molecule has 1 aliphatic heterocycles. The van der Waals surface area contributed by atoms with E-state index in [1.54, 1.807) is 0 Å². The maximum atomic E-state index is 11.6. The summed E-state index contributed by atoms with van der Waals surface area (Å²) in [6, 6.07) is 7.78. The SMILES string of the molecule is COC(=O)C1CCN(c2nnnn2CCc2ccc(Cl)cc2)CC1. The Bertz CT molecular complexity index is 680. The molecule has 2 aromatic rings. The largest absolute Gasteiger partial charge is 0.469 e. The van der Waals surface area contributed by atoms with Crippen molar-refractivity contribution in [2.45, 2.75) is 25.8 Å². The van der Waals surface area contributed by atoms with E-state index in [0.717, 1.165) is 43.3 Å². The first-order valence-electron chi connectivity index (χ1n) is 8.01. The Kier molecular flexibility index (Phi) is 5.30. The quantitative estimate of drug-likeness (QED) is 0.768. The van der Waals surface area contributed by atoms with Gasteiger partial charge in [-0.15, -0.1) is 0 Å². The van der Waals surface area contributed by atoms with E-state index in [1.807, 2.05) is 28.9 Å². The molecule has 128 valence electrons. The molecule has 0 N–H and O–H groups in total. The van der Waals surface area contributed by atoms with E-state index in [1.165, 1.54) is 12.7 Å². The Morgan fingerprint density at radius 3 is 2.67 bits per heavy atom. The molecule has 0 unspecified atom stereocenters. The number of halogens is 1. The van der Waals surface area contributed by atoms with Gasteiger partial charge in [-0.3, -0.25) is 4.79 Å². The van der Waals surface area contributed by atoms with Crippen molar-refractivity contribution < 1.29 is 9.53 Å². The number of aryl methyl sites for hydroxylation is 2. The molecule has 0 amide bonds. The molecular formula is C16H20ClN5O2. The summed E-state index contributed by atoms with van der Waals surface area (Å²) in [5.74, 6) is 0.605. The molecular weight excluding hydrogens is 330 g/mol. The second-order valence-electron chi connectivity index (χ2n) is 5.86. The highest BCUT2D eigenvalue weighted by atomic mass is 35.5. The number of ether oxygens (including phenoxy) is 1. The van der Waals surface area contributed by atoms with Gasteiger partial charge in [-0.25, -0.2) is 4.68 Å². The molecule has 0 saturated carbocycles. The van der Waals surface area contributed by atoms with E-state index in [9.17, 15) is 4.79 Å². The van der Waals surface area contributed by atoms with E-state index in [0.29, 0.717) is 6.54 Å². The number of hydrogen-bond acceptors (Lipinski definition) is 6. The maximum Gasteiger partial charge on any atom is 0.308 e. The molecule has 0 radical (unpaired) electrons. The van der Waals surface area contributed by atoms with Crippen molar-refractivity contribution >= 4 is 23.5 Å². The van der Waals surface area contributed by atoms with Gasteiger partial charge in [0.25, 0.3) is 0 Å². The Morgan fingerprint density at radius 1 is 1.29 bits per heavy atom. The lowest BCUT2D eigenvalue weighted by Gasteiger charge is -2.30. The zero-order valence-electron chi connectivity index (χ0n) is 13.6. The van der Waals surface area contributed by atoms with Crippen LogP contribution in [0.2, 0.25) is 5.02 Å². The number of carbonyl (C=O) groups is 1. The third-order valence-corrected chi connectivity index (χ3v) is 4.60. The molecule has 0 bridgehead atoms. The summed E-state index contributed by atoms with van der Waals surface area (Å²) in [5.41, 5.74) is 1.19. The summed E-state index contributed by atoms with van der Waals surface area (Å²) in [4.78, 5) is 13.7. The maximum absolute atomic E-state index is 11.6. The van der Waals surface area contributed by atoms with Crippen LogP contribution < -0.4 is 4.90 Å². The highest BCUT2D eigenvalue weighted by Crippen LogP contribution is 2.22. The second kappa shape index (κ2) is 7.61. The Morgan fingerprint density at radius 2 is 2.00 bits per heavy atom. The molecule has 1 aromatic heterocycles. The van der Waals surface area contributed by atoms with Crippen molar-refractivity contribution in [1.29, 1.82) is 0 Å². The average molecular weight is 350 g/mol. The molecule has 24 heavy (non-hydrogen) atoms. The number of esters is 1. The van der Waals surface area contributed by atoms with Gasteiger partial charge in [-0.05, 0) is 47.4 Å². The molecule has 1 fully saturated rings. The highest BCUT2D eigenvalue weighted by molar-refractivity contribution is 6.30. The van der Waals surface area contributed by atoms with Crippen molar-refractivity contribution in [2.24, 2.45) is 5.92 Å². The third-order valence-electron chi connectivity index (χ3n) is 4.35. The van der Waals surface area contributed by atoms with Crippen LogP contribution in [0.4, 0.5) is 5.95 Å². The molecule has 0 aliphatic carbocycles. The second-order valence-corrected chi connectivity index (χ2v) is 6.30. The number of methoxy groups -OCH3 is 1. The molecule has 0 atom stereocenters. The summed E-state index contributed by atoms with van der Waals surface area (Å²) in [6.07, 6.45) is 2.35. The molecule has 1 saturated heterocycles. The van der Waals surface area contributed by atoms with Crippen molar-refractivity contribution in [3.8, 4) is 0 Å². The van der Waals surface area contributed by atoms with Gasteiger partial charge in [0.05, 0.1) is 19.6 Å². The number of anilines is 1. The monoisotopic (exact) mass is 349 g/mol. The lowest BCUT2D eigenvalue weighted by Crippen LogP contribution is -2.38. The van der Waals surface area contributed by atoms with Crippen LogP contribution in [-0.4, -0.2) is 46.4 Å². The zero-order chi connectivity index (χ0) is 16.9. The van der Waals surface area contributed by atoms with Crippen molar-refractivity contribution in [3.05, 3.63) is 34.9 Å². The van der Waals surface area contributed by atoms with Gasteiger partial charge in [0.2, 0.25) is 5.95 Å². The smallest absolute Gasteiger partial charge is 0.308 e. The lowest BCUT2D eigenvalue weighted by molar-refractivity contribution is -0.146. The van der Waals surface area contributed by atoms with E-state index < -0.39 is 0 Å². The molecule has 2 heterocycles. The summed E-state index contributed by atoms with van der Waals surface area (Å²) in [6.45, 7) is 2.20. The van der Waals surface area contributed by atoms with Gasteiger partial charge >= 0.3 is 5.97 Å². The number of rotatable bonds is 5. The summed E-state index contributed by atoms with van der Waals surface area (Å²) in [7, 11) is 1.44. The Labute approximate surface area is 145 Å². The molecule has 0 spiro atoms.